The SMILES string of the molecule is CN(CCC(F)(F)F)C(=O)c1ccc(F)c(N)c1. The molecule has 0 fully saturated rings. The fraction of sp³-hybridized carbons (Fsp3) is 0.364. The molecule has 0 heterocycles. The Labute approximate surface area is 101 Å². The smallest absolute Gasteiger partial charge is 0.390 e. The Balaban J connectivity index is 2.71. The number of alkyl halides is 3. The topological polar surface area (TPSA) is 46.3 Å². The zero-order chi connectivity index (χ0) is 13.9. The molecule has 7 heteroatoms. The zero-order valence-corrected chi connectivity index (χ0v) is 9.59. The minimum absolute atomic E-state index is 0.0542. The van der Waals surface area contributed by atoms with E-state index in [-0.39, 0.29) is 11.3 Å². The van der Waals surface area contributed by atoms with Crippen LogP contribution in [0.5, 0.6) is 0 Å². The average molecular weight is 264 g/mol. The van der Waals surface area contributed by atoms with Gasteiger partial charge in [-0.15, -0.1) is 0 Å². The summed E-state index contributed by atoms with van der Waals surface area (Å²) >= 11 is 0. The summed E-state index contributed by atoms with van der Waals surface area (Å²) in [4.78, 5) is 12.6. The molecular weight excluding hydrogens is 252 g/mol. The fourth-order valence-corrected chi connectivity index (χ4v) is 1.29. The second-order valence-corrected chi connectivity index (χ2v) is 3.83. The number of hydrogen-bond donors (Lipinski definition) is 1. The summed E-state index contributed by atoms with van der Waals surface area (Å²) in [6.07, 6.45) is -5.41. The van der Waals surface area contributed by atoms with Crippen molar-refractivity contribution in [3.63, 3.8) is 0 Å². The highest BCUT2D eigenvalue weighted by molar-refractivity contribution is 5.94. The van der Waals surface area contributed by atoms with Crippen molar-refractivity contribution in [3.05, 3.63) is 29.6 Å². The highest BCUT2D eigenvalue weighted by atomic mass is 19.4. The Kier molecular flexibility index (Phi) is 4.15. The highest BCUT2D eigenvalue weighted by Gasteiger charge is 2.28. The van der Waals surface area contributed by atoms with Gasteiger partial charge in [-0.1, -0.05) is 0 Å². The summed E-state index contributed by atoms with van der Waals surface area (Å²) in [5.41, 5.74) is 5.11. The van der Waals surface area contributed by atoms with E-state index in [4.69, 9.17) is 5.73 Å². The average Bonchev–Trinajstić information content (AvgIpc) is 2.27. The number of hydrogen-bond acceptors (Lipinski definition) is 2. The number of carbonyl (C=O) groups excluding carboxylic acids is 1. The van der Waals surface area contributed by atoms with Gasteiger partial charge < -0.3 is 10.6 Å². The first-order valence-corrected chi connectivity index (χ1v) is 5.08. The van der Waals surface area contributed by atoms with Gasteiger partial charge in [-0.05, 0) is 18.2 Å². The van der Waals surface area contributed by atoms with E-state index in [1.165, 1.54) is 13.1 Å². The van der Waals surface area contributed by atoms with Crippen LogP contribution in [0.2, 0.25) is 0 Å². The van der Waals surface area contributed by atoms with Crippen molar-refractivity contribution >= 4 is 11.6 Å². The standard InChI is InChI=1S/C11H12F4N2O/c1-17(5-4-11(13,14)15)10(18)7-2-3-8(12)9(16)6-7/h2-3,6H,4-5,16H2,1H3. The van der Waals surface area contributed by atoms with Crippen LogP contribution in [0.4, 0.5) is 23.2 Å². The summed E-state index contributed by atoms with van der Waals surface area (Å²) in [5.74, 6) is -1.31. The van der Waals surface area contributed by atoms with Gasteiger partial charge in [0.05, 0.1) is 12.1 Å². The molecule has 0 atom stereocenters. The first kappa shape index (κ1) is 14.3. The van der Waals surface area contributed by atoms with E-state index in [9.17, 15) is 22.4 Å². The van der Waals surface area contributed by atoms with Crippen molar-refractivity contribution in [2.75, 3.05) is 19.3 Å². The number of nitrogens with zero attached hydrogens (tertiary/aromatic N) is 1. The van der Waals surface area contributed by atoms with Crippen LogP contribution in [0, 0.1) is 5.82 Å². The molecule has 1 rings (SSSR count). The lowest BCUT2D eigenvalue weighted by Crippen LogP contribution is -2.30. The maximum absolute atomic E-state index is 12.9. The third-order valence-electron chi connectivity index (χ3n) is 2.32. The lowest BCUT2D eigenvalue weighted by Gasteiger charge is -2.18. The van der Waals surface area contributed by atoms with Crippen LogP contribution in [0.25, 0.3) is 0 Å². The molecule has 0 spiro atoms. The van der Waals surface area contributed by atoms with Gasteiger partial charge in [0.1, 0.15) is 5.82 Å². The molecule has 0 aromatic heterocycles. The molecule has 1 aromatic rings. The van der Waals surface area contributed by atoms with Crippen molar-refractivity contribution in [2.45, 2.75) is 12.6 Å². The monoisotopic (exact) mass is 264 g/mol. The van der Waals surface area contributed by atoms with Crippen LogP contribution in [0.3, 0.4) is 0 Å². The summed E-state index contributed by atoms with van der Waals surface area (Å²) < 4.78 is 48.8. The number of amides is 1. The molecule has 1 aromatic carbocycles. The van der Waals surface area contributed by atoms with Gasteiger partial charge in [0.15, 0.2) is 0 Å². The predicted octanol–water partition coefficient (Wildman–Crippen LogP) is 2.43. The largest absolute Gasteiger partial charge is 0.396 e. The van der Waals surface area contributed by atoms with Crippen LogP contribution >= 0.6 is 0 Å². The Bertz CT molecular complexity index is 445. The molecule has 0 unspecified atom stereocenters. The Morgan fingerprint density at radius 1 is 1.39 bits per heavy atom. The van der Waals surface area contributed by atoms with Gasteiger partial charge in [0.2, 0.25) is 0 Å². The summed E-state index contributed by atoms with van der Waals surface area (Å²) in [5, 5.41) is 0. The number of nitrogen functional groups attached to an aromatic ring is 1. The van der Waals surface area contributed by atoms with E-state index in [1.54, 1.807) is 0 Å². The van der Waals surface area contributed by atoms with Gasteiger partial charge in [-0.3, -0.25) is 4.79 Å². The molecule has 3 nitrogen and oxygen atoms in total. The van der Waals surface area contributed by atoms with Crippen LogP contribution in [-0.4, -0.2) is 30.6 Å². The van der Waals surface area contributed by atoms with Crippen LogP contribution in [0.15, 0.2) is 18.2 Å². The maximum Gasteiger partial charge on any atom is 0.390 e. The molecule has 0 radical (unpaired) electrons. The molecule has 2 N–H and O–H groups in total. The number of anilines is 1. The first-order chi connectivity index (χ1) is 8.20. The molecule has 0 bridgehead atoms. The number of benzene rings is 1. The second-order valence-electron chi connectivity index (χ2n) is 3.83. The minimum Gasteiger partial charge on any atom is -0.396 e. The van der Waals surface area contributed by atoms with Crippen LogP contribution in [-0.2, 0) is 0 Å². The Hall–Kier alpha value is -1.79. The molecule has 0 saturated carbocycles. The minimum atomic E-state index is -4.32. The van der Waals surface area contributed by atoms with E-state index in [0.29, 0.717) is 0 Å². The molecule has 0 aliphatic heterocycles. The zero-order valence-electron chi connectivity index (χ0n) is 9.59. The number of halogens is 4. The number of rotatable bonds is 3. The van der Waals surface area contributed by atoms with Gasteiger partial charge in [-0.25, -0.2) is 4.39 Å². The second kappa shape index (κ2) is 5.24. The van der Waals surface area contributed by atoms with Gasteiger partial charge in [0, 0.05) is 19.2 Å². The molecule has 0 saturated heterocycles. The summed E-state index contributed by atoms with van der Waals surface area (Å²) in [6, 6.07) is 3.28. The van der Waals surface area contributed by atoms with Crippen molar-refractivity contribution in [1.82, 2.24) is 4.90 Å². The molecule has 1 amide bonds. The van der Waals surface area contributed by atoms with E-state index in [1.807, 2.05) is 0 Å². The Morgan fingerprint density at radius 3 is 2.50 bits per heavy atom. The molecule has 18 heavy (non-hydrogen) atoms. The lowest BCUT2D eigenvalue weighted by atomic mass is 10.1. The van der Waals surface area contributed by atoms with Crippen molar-refractivity contribution in [2.24, 2.45) is 0 Å². The molecule has 0 aliphatic carbocycles. The summed E-state index contributed by atoms with van der Waals surface area (Å²) in [6.45, 7) is -0.459. The van der Waals surface area contributed by atoms with E-state index < -0.39 is 30.9 Å². The van der Waals surface area contributed by atoms with Crippen molar-refractivity contribution < 1.29 is 22.4 Å². The van der Waals surface area contributed by atoms with Gasteiger partial charge >= 0.3 is 6.18 Å². The van der Waals surface area contributed by atoms with Crippen LogP contribution < -0.4 is 5.73 Å². The Morgan fingerprint density at radius 2 is 2.00 bits per heavy atom. The molecule has 100 valence electrons. The van der Waals surface area contributed by atoms with Crippen LogP contribution in [0.1, 0.15) is 16.8 Å². The quantitative estimate of drug-likeness (QED) is 0.673. The summed E-state index contributed by atoms with van der Waals surface area (Å²) in [7, 11) is 1.24. The van der Waals surface area contributed by atoms with Gasteiger partial charge in [0.25, 0.3) is 5.91 Å². The first-order valence-electron chi connectivity index (χ1n) is 5.08. The van der Waals surface area contributed by atoms with Crippen molar-refractivity contribution in [1.29, 1.82) is 0 Å². The maximum atomic E-state index is 12.9. The molecule has 0 aliphatic rings. The fourth-order valence-electron chi connectivity index (χ4n) is 1.29. The predicted molar refractivity (Wildman–Crippen MR) is 58.4 cm³/mol. The van der Waals surface area contributed by atoms with Crippen molar-refractivity contribution in [3.8, 4) is 0 Å². The lowest BCUT2D eigenvalue weighted by molar-refractivity contribution is -0.136. The number of carbonyl (C=O) groups is 1. The van der Waals surface area contributed by atoms with Gasteiger partial charge in [-0.2, -0.15) is 13.2 Å². The van der Waals surface area contributed by atoms with E-state index in [2.05, 4.69) is 0 Å². The normalized spacial score (nSPS) is 11.4. The van der Waals surface area contributed by atoms with E-state index >= 15 is 0 Å². The molecular formula is C11H12F4N2O. The van der Waals surface area contributed by atoms with E-state index in [0.717, 1.165) is 17.0 Å². The number of nitrogens with two attached hydrogens (primary N) is 1. The third-order valence-corrected chi connectivity index (χ3v) is 2.32. The third kappa shape index (κ3) is 3.90. The highest BCUT2D eigenvalue weighted by Crippen LogP contribution is 2.20.